The van der Waals surface area contributed by atoms with Gasteiger partial charge < -0.3 is 9.31 Å². The van der Waals surface area contributed by atoms with Gasteiger partial charge in [-0.3, -0.25) is 0 Å². The summed E-state index contributed by atoms with van der Waals surface area (Å²) >= 11 is 1.81. The molecule has 3 nitrogen and oxygen atoms in total. The predicted molar refractivity (Wildman–Crippen MR) is 108 cm³/mol. The summed E-state index contributed by atoms with van der Waals surface area (Å²) in [6.45, 7) is 14.0. The van der Waals surface area contributed by atoms with Crippen molar-refractivity contribution in [2.75, 3.05) is 0 Å². The van der Waals surface area contributed by atoms with E-state index in [0.717, 1.165) is 23.8 Å². The molecule has 1 aromatic heterocycles. The maximum atomic E-state index is 6.75. The molecular weight excluding hydrogens is 341 g/mol. The van der Waals surface area contributed by atoms with E-state index in [9.17, 15) is 0 Å². The molecule has 2 bridgehead atoms. The van der Waals surface area contributed by atoms with Crippen LogP contribution in [0.1, 0.15) is 60.8 Å². The van der Waals surface area contributed by atoms with E-state index < -0.39 is 0 Å². The normalized spacial score (nSPS) is 36.4. The van der Waals surface area contributed by atoms with Gasteiger partial charge in [0.1, 0.15) is 0 Å². The summed E-state index contributed by atoms with van der Waals surface area (Å²) in [5, 5.41) is 1.31. The van der Waals surface area contributed by atoms with E-state index in [1.807, 2.05) is 24.0 Å². The Hall–Kier alpha value is -0.515. The summed E-state index contributed by atoms with van der Waals surface area (Å²) < 4.78 is 13.3. The van der Waals surface area contributed by atoms with E-state index in [4.69, 9.17) is 9.31 Å². The van der Waals surface area contributed by atoms with Crippen LogP contribution in [0.15, 0.2) is 29.4 Å². The number of nitrogens with zero attached hydrogens (tertiary/aromatic N) is 1. The quantitative estimate of drug-likeness (QED) is 0.533. The van der Waals surface area contributed by atoms with E-state index in [1.165, 1.54) is 6.42 Å². The van der Waals surface area contributed by atoms with Crippen molar-refractivity contribution in [1.29, 1.82) is 0 Å². The third-order valence-electron chi connectivity index (χ3n) is 7.00. The number of thioether (sulfide) groups is 1. The van der Waals surface area contributed by atoms with Gasteiger partial charge in [0.05, 0.1) is 16.7 Å². The molecule has 5 heteroatoms. The number of pyridine rings is 1. The first kappa shape index (κ1) is 18.8. The van der Waals surface area contributed by atoms with Crippen LogP contribution in [0.4, 0.5) is 0 Å². The molecule has 2 heterocycles. The fourth-order valence-electron chi connectivity index (χ4n) is 5.43. The van der Waals surface area contributed by atoms with Crippen LogP contribution in [0.2, 0.25) is 0 Å². The van der Waals surface area contributed by atoms with Gasteiger partial charge in [-0.05, 0) is 61.0 Å². The maximum absolute atomic E-state index is 6.75. The number of rotatable bonds is 4. The summed E-state index contributed by atoms with van der Waals surface area (Å²) in [5.74, 6) is 1.40. The Balaban J connectivity index is 1.55. The van der Waals surface area contributed by atoms with Crippen LogP contribution in [-0.2, 0) is 9.31 Å². The topological polar surface area (TPSA) is 31.4 Å². The summed E-state index contributed by atoms with van der Waals surface area (Å²) in [6.07, 6.45) is 5.60. The highest BCUT2D eigenvalue weighted by Crippen LogP contribution is 2.66. The fraction of sp³-hybridized carbons (Fsp3) is 0.762. The van der Waals surface area contributed by atoms with Crippen molar-refractivity contribution in [2.45, 2.75) is 82.7 Å². The second-order valence-corrected chi connectivity index (χ2v) is 11.7. The van der Waals surface area contributed by atoms with Gasteiger partial charge in [0.15, 0.2) is 0 Å². The monoisotopic (exact) mass is 373 g/mol. The standard InChI is InChI=1S/C21H32BNO2S/c1-19(2,3)13-17(26-18-9-7-8-10-23-18)22-24-16-12-14-11-15(20(14,4)5)21(16,6)25-22/h7-10,14-17H,11-13H2,1-6H3/t14-,15+,16+,17?,21-/m0/s1. The first-order valence-corrected chi connectivity index (χ1v) is 10.9. The van der Waals surface area contributed by atoms with Gasteiger partial charge in [-0.25, -0.2) is 4.98 Å². The molecular formula is C21H32BNO2S. The SMILES string of the molecule is CC(C)(C)CC(Sc1ccccn1)B1O[C@@H]2C[C@@H]3C[C@H](C3(C)C)[C@]2(C)O1. The van der Waals surface area contributed by atoms with Crippen molar-refractivity contribution in [3.05, 3.63) is 24.4 Å². The van der Waals surface area contributed by atoms with E-state index >= 15 is 0 Å². The molecule has 142 valence electrons. The molecule has 5 rings (SSSR count). The minimum Gasteiger partial charge on any atom is -0.405 e. The molecule has 0 radical (unpaired) electrons. The molecule has 1 aliphatic heterocycles. The van der Waals surface area contributed by atoms with Gasteiger partial charge in [-0.1, -0.05) is 40.7 Å². The Bertz CT molecular complexity index is 662. The maximum Gasteiger partial charge on any atom is 0.472 e. The number of hydrogen-bond donors (Lipinski definition) is 0. The molecule has 0 spiro atoms. The minimum atomic E-state index is -0.147. The third kappa shape index (κ3) is 3.14. The fourth-order valence-corrected chi connectivity index (χ4v) is 6.83. The molecule has 3 saturated carbocycles. The average molecular weight is 373 g/mol. The molecule has 4 fully saturated rings. The highest BCUT2D eigenvalue weighted by molar-refractivity contribution is 8.01. The molecule has 0 aromatic carbocycles. The van der Waals surface area contributed by atoms with Crippen LogP contribution in [0, 0.1) is 22.7 Å². The van der Waals surface area contributed by atoms with Crippen LogP contribution in [-0.4, -0.2) is 29.0 Å². The van der Waals surface area contributed by atoms with E-state index in [0.29, 0.717) is 11.3 Å². The van der Waals surface area contributed by atoms with Crippen molar-refractivity contribution in [1.82, 2.24) is 4.98 Å². The molecule has 0 N–H and O–H groups in total. The van der Waals surface area contributed by atoms with Crippen molar-refractivity contribution < 1.29 is 9.31 Å². The van der Waals surface area contributed by atoms with Gasteiger partial charge in [0, 0.05) is 11.3 Å². The first-order chi connectivity index (χ1) is 12.1. The van der Waals surface area contributed by atoms with Crippen LogP contribution in [0.3, 0.4) is 0 Å². The summed E-state index contributed by atoms with van der Waals surface area (Å²) in [6, 6.07) is 6.11. The molecule has 3 aliphatic carbocycles. The van der Waals surface area contributed by atoms with E-state index in [-0.39, 0.29) is 29.4 Å². The van der Waals surface area contributed by atoms with Crippen molar-refractivity contribution in [3.8, 4) is 0 Å². The highest BCUT2D eigenvalue weighted by atomic mass is 32.2. The van der Waals surface area contributed by atoms with E-state index in [2.05, 4.69) is 58.7 Å². The lowest BCUT2D eigenvalue weighted by Crippen LogP contribution is -2.65. The van der Waals surface area contributed by atoms with Gasteiger partial charge in [0.25, 0.3) is 0 Å². The molecule has 1 aromatic rings. The smallest absolute Gasteiger partial charge is 0.405 e. The zero-order chi connectivity index (χ0) is 18.7. The lowest BCUT2D eigenvalue weighted by molar-refractivity contribution is -0.199. The second-order valence-electron chi connectivity index (χ2n) is 10.4. The van der Waals surface area contributed by atoms with Gasteiger partial charge in [0.2, 0.25) is 0 Å². The molecule has 26 heavy (non-hydrogen) atoms. The van der Waals surface area contributed by atoms with Crippen LogP contribution < -0.4 is 0 Å². The zero-order valence-corrected chi connectivity index (χ0v) is 17.8. The summed E-state index contributed by atoms with van der Waals surface area (Å²) in [4.78, 5) is 4.53. The second kappa shape index (κ2) is 6.25. The van der Waals surface area contributed by atoms with Crippen molar-refractivity contribution in [2.24, 2.45) is 22.7 Å². The average Bonchev–Trinajstić information content (AvgIpc) is 2.91. The Morgan fingerprint density at radius 2 is 2.04 bits per heavy atom. The summed E-state index contributed by atoms with van der Waals surface area (Å²) in [5.41, 5.74) is 0.468. The number of hydrogen-bond acceptors (Lipinski definition) is 4. The Kier molecular flexibility index (Phi) is 4.53. The Morgan fingerprint density at radius 3 is 2.65 bits per heavy atom. The van der Waals surface area contributed by atoms with Crippen molar-refractivity contribution >= 4 is 18.9 Å². The predicted octanol–water partition coefficient (Wildman–Crippen LogP) is 5.25. The molecule has 4 aliphatic rings. The Labute approximate surface area is 163 Å². The van der Waals surface area contributed by atoms with Gasteiger partial charge >= 0.3 is 7.12 Å². The molecule has 1 saturated heterocycles. The highest BCUT2D eigenvalue weighted by Gasteiger charge is 2.68. The van der Waals surface area contributed by atoms with Crippen LogP contribution in [0.25, 0.3) is 0 Å². The largest absolute Gasteiger partial charge is 0.472 e. The number of aromatic nitrogens is 1. The van der Waals surface area contributed by atoms with E-state index in [1.54, 1.807) is 0 Å². The molecule has 0 amide bonds. The van der Waals surface area contributed by atoms with Crippen molar-refractivity contribution in [3.63, 3.8) is 0 Å². The van der Waals surface area contributed by atoms with Crippen LogP contribution >= 0.6 is 11.8 Å². The molecule has 5 atom stereocenters. The lowest BCUT2D eigenvalue weighted by atomic mass is 9.43. The Morgan fingerprint density at radius 1 is 1.27 bits per heavy atom. The zero-order valence-electron chi connectivity index (χ0n) is 17.0. The minimum absolute atomic E-state index is 0.135. The summed E-state index contributed by atoms with van der Waals surface area (Å²) in [7, 11) is -0.147. The van der Waals surface area contributed by atoms with Gasteiger partial charge in [-0.15, -0.1) is 11.8 Å². The molecule has 1 unspecified atom stereocenters. The lowest BCUT2D eigenvalue weighted by Gasteiger charge is -2.64. The van der Waals surface area contributed by atoms with Gasteiger partial charge in [-0.2, -0.15) is 0 Å². The van der Waals surface area contributed by atoms with Crippen LogP contribution in [0.5, 0.6) is 0 Å². The first-order valence-electron chi connectivity index (χ1n) is 10.0. The third-order valence-corrected chi connectivity index (χ3v) is 8.17.